The van der Waals surface area contributed by atoms with Gasteiger partial charge in [0, 0.05) is 5.56 Å². The molecule has 4 aromatic carbocycles. The van der Waals surface area contributed by atoms with Gasteiger partial charge in [-0.1, -0.05) is 30.3 Å². The molecule has 2 aliphatic carbocycles. The Morgan fingerprint density at radius 2 is 1.23 bits per heavy atom. The Labute approximate surface area is 385 Å². The Kier molecular flexibility index (Phi) is 15.6. The number of nitrogen functional groups attached to an aromatic ring is 1. The number of rotatable bonds is 9. The molecule has 4 N–H and O–H groups in total. The Bertz CT molecular complexity index is 2740. The summed E-state index contributed by atoms with van der Waals surface area (Å²) >= 11 is 0. The molecule has 0 aromatic heterocycles. The standard InChI is InChI=1S/C32H23N7O11S3.3Na/c33-28-27-18(16-26(53(48,49)50)31(32(27)41)39-34-19-4-2-1-3-5-19)15-25(52(45,46)47)30(28)38-36-21-9-7-20(8-10-21)35-37-29-23-12-11-22(51(42,43)44)14-17(23)6-13-24(29)40;;;/h1-16,34-35H,33H2,(H,42,43,44)(H,45,46,47)(H,48,49,50);;;/q;3*+1/p-3/b37-29+,38-36?,39-31+;;;. The minimum atomic E-state index is -5.38. The Hall–Kier alpha value is -3.23. The molecule has 0 radical (unpaired) electrons. The largest absolute Gasteiger partial charge is 1.00 e. The zero-order chi connectivity index (χ0) is 38.3. The van der Waals surface area contributed by atoms with Crippen LogP contribution in [0.5, 0.6) is 0 Å². The Balaban J connectivity index is 0.00000280. The third kappa shape index (κ3) is 10.4. The Morgan fingerprint density at radius 1 is 0.625 bits per heavy atom. The van der Waals surface area contributed by atoms with Crippen molar-refractivity contribution >= 4 is 93.9 Å². The van der Waals surface area contributed by atoms with Crippen LogP contribution < -0.4 is 105 Å². The van der Waals surface area contributed by atoms with Crippen molar-refractivity contribution in [3.8, 4) is 0 Å². The van der Waals surface area contributed by atoms with Gasteiger partial charge in [-0.15, -0.1) is 5.11 Å². The number of para-hydroxylation sites is 1. The SMILES string of the molecule is Nc1c(N=Nc2ccc(N/N=C3/C(=O)C=Cc4cc(S(=O)(=O)[O-])ccc43)cc2)c(S(=O)(=O)[O-])cc2c1C(=O)/C(=N/Nc1ccccc1)C(S(=O)(=O)[O-])=C2.[Na+].[Na+].[Na+]. The van der Waals surface area contributed by atoms with E-state index in [1.165, 1.54) is 48.5 Å². The number of hydrogen-bond acceptors (Lipinski definition) is 18. The monoisotopic (exact) mass is 843 g/mol. The average molecular weight is 844 g/mol. The van der Waals surface area contributed by atoms with E-state index in [2.05, 4.69) is 31.3 Å². The summed E-state index contributed by atoms with van der Waals surface area (Å²) in [7, 11) is -15.5. The second-order valence-corrected chi connectivity index (χ2v) is 15.1. The fraction of sp³-hybridized carbons (Fsp3) is 0. The van der Waals surface area contributed by atoms with Crippen LogP contribution in [0.4, 0.5) is 28.4 Å². The predicted molar refractivity (Wildman–Crippen MR) is 188 cm³/mol. The van der Waals surface area contributed by atoms with Crippen LogP contribution in [0, 0.1) is 0 Å². The zero-order valence-corrected chi connectivity index (χ0v) is 37.8. The summed E-state index contributed by atoms with van der Waals surface area (Å²) < 4.78 is 107. The van der Waals surface area contributed by atoms with E-state index in [0.717, 1.165) is 18.2 Å². The number of nitrogens with one attached hydrogen (secondary N) is 2. The predicted octanol–water partition coefficient (Wildman–Crippen LogP) is -5.53. The molecule has 0 atom stereocenters. The third-order valence-corrected chi connectivity index (χ3v) is 10.1. The first-order valence-corrected chi connectivity index (χ1v) is 18.9. The molecule has 0 aliphatic heterocycles. The molecule has 2 aliphatic rings. The maximum Gasteiger partial charge on any atom is 1.00 e. The summed E-state index contributed by atoms with van der Waals surface area (Å²) in [5.74, 6) is -1.70. The molecule has 0 unspecified atom stereocenters. The van der Waals surface area contributed by atoms with E-state index in [-0.39, 0.29) is 111 Å². The molecular weight excluding hydrogens is 824 g/mol. The van der Waals surface area contributed by atoms with Crippen LogP contribution in [0.25, 0.3) is 12.2 Å². The van der Waals surface area contributed by atoms with Gasteiger partial charge in [0.1, 0.15) is 47.5 Å². The van der Waals surface area contributed by atoms with Crippen LogP contribution in [-0.2, 0) is 35.1 Å². The van der Waals surface area contributed by atoms with E-state index >= 15 is 0 Å². The van der Waals surface area contributed by atoms with E-state index in [4.69, 9.17) is 5.73 Å². The van der Waals surface area contributed by atoms with E-state index in [9.17, 15) is 48.5 Å². The number of allylic oxidation sites excluding steroid dienone is 2. The van der Waals surface area contributed by atoms with Crippen LogP contribution >= 0.6 is 0 Å². The number of carbonyl (C=O) groups is 2. The summed E-state index contributed by atoms with van der Waals surface area (Å²) in [5, 5.41) is 15.7. The molecule has 0 saturated carbocycles. The minimum Gasteiger partial charge on any atom is -0.744 e. The van der Waals surface area contributed by atoms with Crippen molar-refractivity contribution in [1.29, 1.82) is 0 Å². The average Bonchev–Trinajstić information content (AvgIpc) is 3.09. The molecular formula is C32H20N7Na3O11S3. The number of benzene rings is 4. The first kappa shape index (κ1) is 47.1. The molecule has 270 valence electrons. The van der Waals surface area contributed by atoms with Gasteiger partial charge in [-0.3, -0.25) is 20.4 Å². The first-order valence-electron chi connectivity index (χ1n) is 14.6. The number of fused-ring (bicyclic) bond motifs is 2. The molecule has 56 heavy (non-hydrogen) atoms. The van der Waals surface area contributed by atoms with Crippen LogP contribution in [0.3, 0.4) is 0 Å². The van der Waals surface area contributed by atoms with Gasteiger partial charge in [-0.05, 0) is 77.9 Å². The van der Waals surface area contributed by atoms with Gasteiger partial charge >= 0.3 is 88.7 Å². The molecule has 4 aromatic rings. The zero-order valence-electron chi connectivity index (χ0n) is 29.3. The number of hydrazone groups is 2. The van der Waals surface area contributed by atoms with Crippen LogP contribution in [0.15, 0.2) is 120 Å². The smallest absolute Gasteiger partial charge is 0.744 e. The maximum atomic E-state index is 13.6. The normalized spacial score (nSPS) is 15.2. The van der Waals surface area contributed by atoms with Gasteiger partial charge < -0.3 is 19.4 Å². The van der Waals surface area contributed by atoms with Crippen molar-refractivity contribution in [2.45, 2.75) is 9.79 Å². The van der Waals surface area contributed by atoms with Crippen molar-refractivity contribution in [3.05, 3.63) is 112 Å². The van der Waals surface area contributed by atoms with Gasteiger partial charge in [-0.2, -0.15) is 15.3 Å². The number of hydrogen-bond donors (Lipinski definition) is 3. The van der Waals surface area contributed by atoms with Crippen molar-refractivity contribution in [1.82, 2.24) is 0 Å². The maximum absolute atomic E-state index is 13.6. The number of carbonyl (C=O) groups excluding carboxylic acids is 2. The molecule has 0 heterocycles. The van der Waals surface area contributed by atoms with Crippen molar-refractivity contribution in [3.63, 3.8) is 0 Å². The van der Waals surface area contributed by atoms with Crippen LogP contribution in [-0.4, -0.2) is 61.9 Å². The second-order valence-electron chi connectivity index (χ2n) is 11.0. The van der Waals surface area contributed by atoms with Crippen LogP contribution in [0.2, 0.25) is 0 Å². The summed E-state index contributed by atoms with van der Waals surface area (Å²) in [6, 6.07) is 17.7. The van der Waals surface area contributed by atoms with Gasteiger partial charge in [0.05, 0.1) is 43.0 Å². The third-order valence-electron chi connectivity index (χ3n) is 7.55. The van der Waals surface area contributed by atoms with E-state index in [0.29, 0.717) is 23.5 Å². The van der Waals surface area contributed by atoms with Gasteiger partial charge in [-0.25, -0.2) is 25.3 Å². The number of nitrogens with zero attached hydrogens (tertiary/aromatic N) is 4. The fourth-order valence-corrected chi connectivity index (χ4v) is 6.90. The second kappa shape index (κ2) is 18.6. The minimum absolute atomic E-state index is 0. The molecule has 0 saturated heterocycles. The number of azo groups is 1. The van der Waals surface area contributed by atoms with Crippen molar-refractivity contribution < 1.29 is 137 Å². The van der Waals surface area contributed by atoms with E-state index in [1.807, 2.05) is 0 Å². The van der Waals surface area contributed by atoms with Gasteiger partial charge in [0.25, 0.3) is 0 Å². The van der Waals surface area contributed by atoms with Gasteiger partial charge in [0.15, 0.2) is 0 Å². The molecule has 0 spiro atoms. The molecule has 6 rings (SSSR count). The summed E-state index contributed by atoms with van der Waals surface area (Å²) in [6.07, 6.45) is 3.18. The van der Waals surface area contributed by atoms with Gasteiger partial charge in [0.2, 0.25) is 11.6 Å². The molecule has 18 nitrogen and oxygen atoms in total. The quantitative estimate of drug-likeness (QED) is 0.0466. The number of ketones is 2. The summed E-state index contributed by atoms with van der Waals surface area (Å²) in [4.78, 5) is 23.5. The van der Waals surface area contributed by atoms with Crippen molar-refractivity contribution in [2.24, 2.45) is 20.4 Å². The molecule has 0 fully saturated rings. The number of anilines is 3. The number of Topliss-reactive ketones (excluding diaryl/α,β-unsaturated/α-hetero) is 1. The van der Waals surface area contributed by atoms with E-state index in [1.54, 1.807) is 18.2 Å². The Morgan fingerprint density at radius 3 is 1.82 bits per heavy atom. The fourth-order valence-electron chi connectivity index (χ4n) is 5.09. The summed E-state index contributed by atoms with van der Waals surface area (Å²) in [5.41, 5.74) is 9.26. The molecule has 0 amide bonds. The molecule has 0 bridgehead atoms. The summed E-state index contributed by atoms with van der Waals surface area (Å²) in [6.45, 7) is 0. The number of nitrogens with two attached hydrogens (primary N) is 1. The van der Waals surface area contributed by atoms with Crippen LogP contribution in [0.1, 0.15) is 27.0 Å². The van der Waals surface area contributed by atoms with E-state index < -0.39 is 84.8 Å². The molecule has 24 heteroatoms. The van der Waals surface area contributed by atoms with Crippen molar-refractivity contribution in [2.75, 3.05) is 16.6 Å². The topological polar surface area (TPSA) is 305 Å². The first-order chi connectivity index (χ1) is 24.9.